The molecule has 3 heterocycles. The van der Waals surface area contributed by atoms with Crippen LogP contribution < -0.4 is 20.1 Å². The van der Waals surface area contributed by atoms with E-state index in [-0.39, 0.29) is 49.8 Å². The number of nitrogens with one attached hydrogen (secondary N) is 2. The summed E-state index contributed by atoms with van der Waals surface area (Å²) in [6, 6.07) is 11.9. The van der Waals surface area contributed by atoms with Crippen LogP contribution in [-0.4, -0.2) is 111 Å². The second-order valence-electron chi connectivity index (χ2n) is 14.2. The Balaban J connectivity index is 1.40. The summed E-state index contributed by atoms with van der Waals surface area (Å²) in [6.45, 7) is 7.20. The lowest BCUT2D eigenvalue weighted by Crippen LogP contribution is -2.58. The highest BCUT2D eigenvalue weighted by atomic mass is 32.2. The number of aliphatic hydroxyl groups excluding tert-OH is 1. The lowest BCUT2D eigenvalue weighted by molar-refractivity contribution is -0.0906. The number of amides is 3. The normalized spacial score (nSPS) is 20.9. The van der Waals surface area contributed by atoms with E-state index in [0.717, 1.165) is 18.4 Å². The molecule has 0 bridgehead atoms. The van der Waals surface area contributed by atoms with Crippen LogP contribution in [0.15, 0.2) is 53.4 Å². The summed E-state index contributed by atoms with van der Waals surface area (Å²) >= 11 is 0. The van der Waals surface area contributed by atoms with Gasteiger partial charge in [-0.15, -0.1) is 0 Å². The Bertz CT molecular complexity index is 1580. The molecule has 0 aliphatic carbocycles. The van der Waals surface area contributed by atoms with Crippen molar-refractivity contribution in [3.63, 3.8) is 0 Å². The van der Waals surface area contributed by atoms with Gasteiger partial charge in [0.1, 0.15) is 0 Å². The molecule has 15 heteroatoms. The van der Waals surface area contributed by atoms with E-state index >= 15 is 0 Å². The smallest absolute Gasteiger partial charge is 0.407 e. The molecule has 2 fully saturated rings. The first-order chi connectivity index (χ1) is 24.4. The standard InChI is InChI=1S/C36H52N4O10S/c1-4-16-37-34(42)38-17-9-8-15-36(2,3)23-39(51(45,46)26-12-13-31-32(20-26)50-24-49-31)21-30(41)28(19-25-10-6-5-7-11-25)40(35(43)44)29-22-48-33-27(29)14-18-47-33/h5-7,10-13,20,27-30,33,41H,4,8-9,14-19,21-24H2,1-3H3,(H,43,44)(H2,37,38,42)/t27-,28-,29-,30+,33+/m0/s1. The van der Waals surface area contributed by atoms with Gasteiger partial charge in [0.15, 0.2) is 17.8 Å². The predicted molar refractivity (Wildman–Crippen MR) is 188 cm³/mol. The number of carboxylic acid groups (broad SMARTS) is 1. The van der Waals surface area contributed by atoms with E-state index in [1.165, 1.54) is 21.3 Å². The number of aliphatic hydroxyl groups is 1. The highest BCUT2D eigenvalue weighted by Gasteiger charge is 2.49. The van der Waals surface area contributed by atoms with E-state index in [1.807, 2.05) is 51.1 Å². The SMILES string of the molecule is CCCNC(=O)NCCCCC(C)(C)CN(C[C@@H](O)[C@H](Cc1ccccc1)N(C(=O)O)[C@H]1CO[C@H]2OCC[C@H]21)S(=O)(=O)c1ccc2c(c1)OCO2. The van der Waals surface area contributed by atoms with Crippen LogP contribution in [0.2, 0.25) is 0 Å². The predicted octanol–water partition coefficient (Wildman–Crippen LogP) is 4.03. The van der Waals surface area contributed by atoms with Gasteiger partial charge in [0, 0.05) is 38.2 Å². The highest BCUT2D eigenvalue weighted by Crippen LogP contribution is 2.38. The number of rotatable bonds is 18. The second-order valence-corrected chi connectivity index (χ2v) is 16.2. The van der Waals surface area contributed by atoms with E-state index in [2.05, 4.69) is 10.6 Å². The quantitative estimate of drug-likeness (QED) is 0.164. The average Bonchev–Trinajstić information content (AvgIpc) is 3.85. The van der Waals surface area contributed by atoms with Gasteiger partial charge in [0.2, 0.25) is 16.8 Å². The number of hydrogen-bond donors (Lipinski definition) is 4. The number of carbonyl (C=O) groups excluding carboxylic acids is 1. The van der Waals surface area contributed by atoms with Crippen molar-refractivity contribution in [2.24, 2.45) is 11.3 Å². The summed E-state index contributed by atoms with van der Waals surface area (Å²) in [5, 5.41) is 28.4. The number of ether oxygens (including phenoxy) is 4. The van der Waals surface area contributed by atoms with Crippen molar-refractivity contribution in [3.8, 4) is 11.5 Å². The lowest BCUT2D eigenvalue weighted by Gasteiger charge is -2.40. The first kappa shape index (κ1) is 38.6. The molecule has 282 valence electrons. The number of hydrogen-bond acceptors (Lipinski definition) is 9. The fourth-order valence-corrected chi connectivity index (χ4v) is 8.75. The lowest BCUT2D eigenvalue weighted by atomic mass is 9.87. The van der Waals surface area contributed by atoms with Crippen molar-refractivity contribution in [3.05, 3.63) is 54.1 Å². The van der Waals surface area contributed by atoms with Crippen LogP contribution in [0, 0.1) is 11.3 Å². The van der Waals surface area contributed by atoms with E-state index in [9.17, 15) is 28.2 Å². The molecule has 14 nitrogen and oxygen atoms in total. The van der Waals surface area contributed by atoms with Crippen LogP contribution in [0.1, 0.15) is 58.4 Å². The van der Waals surface area contributed by atoms with Gasteiger partial charge in [-0.1, -0.05) is 57.5 Å². The number of sulfonamides is 1. The minimum Gasteiger partial charge on any atom is -0.465 e. The fourth-order valence-electron chi connectivity index (χ4n) is 7.09. The Morgan fingerprint density at radius 1 is 1.02 bits per heavy atom. The van der Waals surface area contributed by atoms with E-state index in [0.29, 0.717) is 50.5 Å². The Morgan fingerprint density at radius 3 is 2.51 bits per heavy atom. The van der Waals surface area contributed by atoms with Crippen LogP contribution in [-0.2, 0) is 25.9 Å². The molecule has 2 aromatic rings. The molecule has 0 saturated carbocycles. The molecule has 5 atom stereocenters. The van der Waals surface area contributed by atoms with Crippen molar-refractivity contribution in [2.45, 2.75) is 88.7 Å². The molecule has 0 aromatic heterocycles. The number of benzene rings is 2. The third kappa shape index (κ3) is 9.83. The molecular weight excluding hydrogens is 680 g/mol. The molecule has 3 amide bonds. The summed E-state index contributed by atoms with van der Waals surface area (Å²) in [5.41, 5.74) is 0.247. The zero-order chi connectivity index (χ0) is 36.6. The van der Waals surface area contributed by atoms with Gasteiger partial charge in [0.25, 0.3) is 0 Å². The summed E-state index contributed by atoms with van der Waals surface area (Å²) < 4.78 is 52.6. The van der Waals surface area contributed by atoms with Crippen LogP contribution in [0.5, 0.6) is 11.5 Å². The molecular formula is C36H52N4O10S. The zero-order valence-corrected chi connectivity index (χ0v) is 30.5. The summed E-state index contributed by atoms with van der Waals surface area (Å²) in [4.78, 5) is 26.2. The van der Waals surface area contributed by atoms with Crippen molar-refractivity contribution < 1.29 is 47.2 Å². The van der Waals surface area contributed by atoms with E-state index < -0.39 is 46.0 Å². The van der Waals surface area contributed by atoms with E-state index in [4.69, 9.17) is 18.9 Å². The summed E-state index contributed by atoms with van der Waals surface area (Å²) in [5.74, 6) is 0.539. The maximum atomic E-state index is 14.5. The van der Waals surface area contributed by atoms with E-state index in [1.54, 1.807) is 6.07 Å². The number of nitrogens with zero attached hydrogens (tertiary/aromatic N) is 2. The third-order valence-electron chi connectivity index (χ3n) is 9.75. The Labute approximate surface area is 300 Å². The Kier molecular flexibility index (Phi) is 13.1. The maximum absolute atomic E-state index is 14.5. The minimum atomic E-state index is -4.23. The van der Waals surface area contributed by atoms with Gasteiger partial charge in [-0.25, -0.2) is 18.0 Å². The first-order valence-electron chi connectivity index (χ1n) is 17.8. The van der Waals surface area contributed by atoms with Gasteiger partial charge in [0.05, 0.1) is 36.3 Å². The van der Waals surface area contributed by atoms with Crippen molar-refractivity contribution in [1.82, 2.24) is 19.8 Å². The van der Waals surface area contributed by atoms with Gasteiger partial charge in [-0.3, -0.25) is 4.90 Å². The fraction of sp³-hybridized carbons (Fsp3) is 0.611. The molecule has 3 aliphatic rings. The van der Waals surface area contributed by atoms with Gasteiger partial charge < -0.3 is 39.8 Å². The van der Waals surface area contributed by atoms with Crippen molar-refractivity contribution in [2.75, 3.05) is 46.2 Å². The molecule has 51 heavy (non-hydrogen) atoms. The van der Waals surface area contributed by atoms with Crippen molar-refractivity contribution in [1.29, 1.82) is 0 Å². The molecule has 4 N–H and O–H groups in total. The largest absolute Gasteiger partial charge is 0.465 e. The van der Waals surface area contributed by atoms with Crippen molar-refractivity contribution >= 4 is 22.1 Å². The third-order valence-corrected chi connectivity index (χ3v) is 11.6. The summed E-state index contributed by atoms with van der Waals surface area (Å²) in [6.07, 6.45) is 0.510. The monoisotopic (exact) mass is 732 g/mol. The molecule has 5 rings (SSSR count). The molecule has 0 unspecified atom stereocenters. The van der Waals surface area contributed by atoms with Gasteiger partial charge >= 0.3 is 12.1 Å². The summed E-state index contributed by atoms with van der Waals surface area (Å²) in [7, 11) is -4.23. The Morgan fingerprint density at radius 2 is 1.76 bits per heavy atom. The number of urea groups is 1. The van der Waals surface area contributed by atoms with Gasteiger partial charge in [-0.2, -0.15) is 4.31 Å². The maximum Gasteiger partial charge on any atom is 0.407 e. The number of carbonyl (C=O) groups is 2. The molecule has 0 spiro atoms. The average molecular weight is 733 g/mol. The first-order valence-corrected chi connectivity index (χ1v) is 19.2. The second kappa shape index (κ2) is 17.3. The van der Waals surface area contributed by atoms with Crippen LogP contribution in [0.25, 0.3) is 0 Å². The number of fused-ring (bicyclic) bond motifs is 2. The Hall–Kier alpha value is -3.63. The molecule has 2 aromatic carbocycles. The molecule has 0 radical (unpaired) electrons. The molecule has 3 aliphatic heterocycles. The minimum absolute atomic E-state index is 0.0205. The highest BCUT2D eigenvalue weighted by molar-refractivity contribution is 7.89. The van der Waals surface area contributed by atoms with Crippen LogP contribution >= 0.6 is 0 Å². The van der Waals surface area contributed by atoms with Crippen LogP contribution in [0.3, 0.4) is 0 Å². The van der Waals surface area contributed by atoms with Crippen LogP contribution in [0.4, 0.5) is 9.59 Å². The van der Waals surface area contributed by atoms with Gasteiger partial charge in [-0.05, 0) is 55.2 Å². The zero-order valence-electron chi connectivity index (χ0n) is 29.7. The molecule has 2 saturated heterocycles. The number of unbranched alkanes of at least 4 members (excludes halogenated alkanes) is 1. The topological polar surface area (TPSA) is 176 Å².